The first-order valence-electron chi connectivity index (χ1n) is 8.82. The monoisotopic (exact) mass is 395 g/mol. The number of nitrogens with zero attached hydrogens (tertiary/aromatic N) is 3. The summed E-state index contributed by atoms with van der Waals surface area (Å²) in [5.74, 6) is -0.769. The highest BCUT2D eigenvalue weighted by Gasteiger charge is 2.43. The van der Waals surface area contributed by atoms with E-state index in [1.54, 1.807) is 30.3 Å². The Labute approximate surface area is 159 Å². The number of hydrogen-bond acceptors (Lipinski definition) is 5. The second-order valence-corrected chi connectivity index (χ2v) is 6.36. The third-order valence-corrected chi connectivity index (χ3v) is 4.46. The van der Waals surface area contributed by atoms with Gasteiger partial charge >= 0.3 is 6.18 Å². The Morgan fingerprint density at radius 2 is 1.82 bits per heavy atom. The van der Waals surface area contributed by atoms with Crippen LogP contribution < -0.4 is 16.2 Å². The van der Waals surface area contributed by atoms with Gasteiger partial charge in [-0.25, -0.2) is 0 Å². The number of alkyl halides is 3. The largest absolute Gasteiger partial charge is 0.405 e. The average Bonchev–Trinajstić information content (AvgIpc) is 2.69. The lowest BCUT2D eigenvalue weighted by atomic mass is 10.2. The highest BCUT2D eigenvalue weighted by atomic mass is 19.4. The van der Waals surface area contributed by atoms with Gasteiger partial charge < -0.3 is 10.6 Å². The zero-order valence-electron chi connectivity index (χ0n) is 14.9. The molecule has 2 heterocycles. The van der Waals surface area contributed by atoms with Crippen molar-refractivity contribution in [2.75, 3.05) is 32.7 Å². The summed E-state index contributed by atoms with van der Waals surface area (Å²) in [7, 11) is 0. The molecule has 0 radical (unpaired) electrons. The molecule has 1 aliphatic heterocycles. The van der Waals surface area contributed by atoms with Crippen molar-refractivity contribution in [1.82, 2.24) is 25.3 Å². The van der Waals surface area contributed by atoms with Gasteiger partial charge in [0.15, 0.2) is 0 Å². The van der Waals surface area contributed by atoms with Gasteiger partial charge in [-0.15, -0.1) is 0 Å². The van der Waals surface area contributed by atoms with Crippen LogP contribution in [0.15, 0.2) is 47.3 Å². The lowest BCUT2D eigenvalue weighted by Gasteiger charge is -2.35. The minimum Gasteiger partial charge on any atom is -0.349 e. The fourth-order valence-corrected chi connectivity index (χ4v) is 3.01. The molecular weight excluding hydrogens is 375 g/mol. The van der Waals surface area contributed by atoms with Crippen molar-refractivity contribution in [1.29, 1.82) is 0 Å². The number of para-hydroxylation sites is 1. The van der Waals surface area contributed by atoms with Gasteiger partial charge in [-0.1, -0.05) is 18.2 Å². The third kappa shape index (κ3) is 4.76. The van der Waals surface area contributed by atoms with Gasteiger partial charge in [0.1, 0.15) is 11.7 Å². The number of aromatic nitrogens is 2. The van der Waals surface area contributed by atoms with Crippen LogP contribution in [0.4, 0.5) is 13.2 Å². The minimum atomic E-state index is -4.47. The van der Waals surface area contributed by atoms with E-state index in [0.29, 0.717) is 18.8 Å². The number of carbonyl (C=O) groups excluding carboxylic acids is 1. The number of hydrogen-bond donors (Lipinski definition) is 2. The predicted molar refractivity (Wildman–Crippen MR) is 96.5 cm³/mol. The zero-order chi connectivity index (χ0) is 20.1. The van der Waals surface area contributed by atoms with Crippen molar-refractivity contribution in [3.63, 3.8) is 0 Å². The van der Waals surface area contributed by atoms with E-state index in [4.69, 9.17) is 0 Å². The number of piperazine rings is 1. The standard InChI is InChI=1S/C18H20F3N5O2/c19-18(20,21)15(25-10-8-22-9-11-25)12-23-17(28)14-6-7-16(27)26(24-14)13-4-2-1-3-5-13/h1-7,15,22H,8-12H2,(H,23,28). The maximum absolute atomic E-state index is 13.4. The van der Waals surface area contributed by atoms with Gasteiger partial charge in [0.2, 0.25) is 0 Å². The first-order chi connectivity index (χ1) is 13.4. The van der Waals surface area contributed by atoms with E-state index in [1.165, 1.54) is 11.0 Å². The smallest absolute Gasteiger partial charge is 0.349 e. The molecule has 10 heteroatoms. The SMILES string of the molecule is O=C(NCC(N1CCNCC1)C(F)(F)F)c1ccc(=O)n(-c2ccccc2)n1. The van der Waals surface area contributed by atoms with Gasteiger partial charge in [-0.2, -0.15) is 23.0 Å². The fraction of sp³-hybridized carbons (Fsp3) is 0.389. The topological polar surface area (TPSA) is 79.3 Å². The summed E-state index contributed by atoms with van der Waals surface area (Å²) in [5.41, 5.74) is -0.127. The van der Waals surface area contributed by atoms with E-state index in [2.05, 4.69) is 15.7 Å². The van der Waals surface area contributed by atoms with Crippen LogP contribution in [0.2, 0.25) is 0 Å². The van der Waals surface area contributed by atoms with E-state index in [1.807, 2.05) is 0 Å². The molecule has 1 atom stereocenters. The Balaban J connectivity index is 1.74. The normalized spacial score (nSPS) is 16.5. The van der Waals surface area contributed by atoms with Crippen molar-refractivity contribution >= 4 is 5.91 Å². The van der Waals surface area contributed by atoms with E-state index in [-0.39, 0.29) is 18.8 Å². The van der Waals surface area contributed by atoms with Crippen LogP contribution >= 0.6 is 0 Å². The number of rotatable bonds is 5. The molecule has 2 N–H and O–H groups in total. The van der Waals surface area contributed by atoms with Crippen molar-refractivity contribution in [2.24, 2.45) is 0 Å². The Kier molecular flexibility index (Phi) is 6.10. The van der Waals surface area contributed by atoms with Crippen LogP contribution in [0.1, 0.15) is 10.5 Å². The quantitative estimate of drug-likeness (QED) is 0.783. The first kappa shape index (κ1) is 20.0. The summed E-state index contributed by atoms with van der Waals surface area (Å²) in [6.07, 6.45) is -4.47. The molecule has 150 valence electrons. The molecule has 1 aromatic heterocycles. The Morgan fingerprint density at radius 3 is 2.46 bits per heavy atom. The second kappa shape index (κ2) is 8.53. The van der Waals surface area contributed by atoms with E-state index >= 15 is 0 Å². The highest BCUT2D eigenvalue weighted by Crippen LogP contribution is 2.24. The van der Waals surface area contributed by atoms with Gasteiger partial charge in [-0.05, 0) is 18.2 Å². The third-order valence-electron chi connectivity index (χ3n) is 4.46. The molecular formula is C18H20F3N5O2. The molecule has 3 rings (SSSR count). The van der Waals surface area contributed by atoms with Crippen LogP contribution in [0.5, 0.6) is 0 Å². The molecule has 7 nitrogen and oxygen atoms in total. The van der Waals surface area contributed by atoms with Crippen molar-refractivity contribution < 1.29 is 18.0 Å². The molecule has 1 aromatic carbocycles. The van der Waals surface area contributed by atoms with E-state index in [9.17, 15) is 22.8 Å². The van der Waals surface area contributed by atoms with E-state index in [0.717, 1.165) is 10.7 Å². The van der Waals surface area contributed by atoms with Crippen molar-refractivity contribution in [2.45, 2.75) is 12.2 Å². The predicted octanol–water partition coefficient (Wildman–Crippen LogP) is 0.798. The number of carbonyl (C=O) groups is 1. The van der Waals surface area contributed by atoms with Gasteiger partial charge in [0, 0.05) is 38.8 Å². The molecule has 0 aliphatic carbocycles. The Morgan fingerprint density at radius 1 is 1.14 bits per heavy atom. The molecule has 1 fully saturated rings. The molecule has 0 saturated carbocycles. The van der Waals surface area contributed by atoms with Crippen LogP contribution in [0.25, 0.3) is 5.69 Å². The highest BCUT2D eigenvalue weighted by molar-refractivity contribution is 5.92. The maximum Gasteiger partial charge on any atom is 0.405 e. The fourth-order valence-electron chi connectivity index (χ4n) is 3.01. The van der Waals surface area contributed by atoms with Crippen LogP contribution in [-0.4, -0.2) is 65.5 Å². The number of halogens is 3. The molecule has 28 heavy (non-hydrogen) atoms. The Bertz CT molecular complexity index is 864. The minimum absolute atomic E-state index is 0.135. The van der Waals surface area contributed by atoms with Crippen LogP contribution in [-0.2, 0) is 0 Å². The summed E-state index contributed by atoms with van der Waals surface area (Å²) in [6, 6.07) is 9.03. The number of amides is 1. The lowest BCUT2D eigenvalue weighted by molar-refractivity contribution is -0.183. The van der Waals surface area contributed by atoms with Crippen molar-refractivity contribution in [3.05, 3.63) is 58.5 Å². The molecule has 1 saturated heterocycles. The van der Waals surface area contributed by atoms with Crippen molar-refractivity contribution in [3.8, 4) is 5.69 Å². The van der Waals surface area contributed by atoms with Gasteiger partial charge in [0.05, 0.1) is 5.69 Å². The van der Waals surface area contributed by atoms with Gasteiger partial charge in [-0.3, -0.25) is 14.5 Å². The summed E-state index contributed by atoms with van der Waals surface area (Å²) in [5, 5.41) is 9.28. The van der Waals surface area contributed by atoms with Crippen LogP contribution in [0.3, 0.4) is 0 Å². The first-order valence-corrected chi connectivity index (χ1v) is 8.82. The summed E-state index contributed by atoms with van der Waals surface area (Å²) in [6.45, 7) is 0.830. The maximum atomic E-state index is 13.4. The average molecular weight is 395 g/mol. The number of benzene rings is 1. The second-order valence-electron chi connectivity index (χ2n) is 6.36. The zero-order valence-corrected chi connectivity index (χ0v) is 14.9. The number of nitrogens with one attached hydrogen (secondary N) is 2. The molecule has 2 aromatic rings. The summed E-state index contributed by atoms with van der Waals surface area (Å²) in [4.78, 5) is 25.7. The molecule has 0 spiro atoms. The summed E-state index contributed by atoms with van der Waals surface area (Å²) >= 11 is 0. The molecule has 1 unspecified atom stereocenters. The summed E-state index contributed by atoms with van der Waals surface area (Å²) < 4.78 is 41.3. The van der Waals surface area contributed by atoms with Gasteiger partial charge in [0.25, 0.3) is 11.5 Å². The molecule has 1 amide bonds. The lowest BCUT2D eigenvalue weighted by Crippen LogP contribution is -2.57. The van der Waals surface area contributed by atoms with E-state index < -0.39 is 30.2 Å². The molecule has 1 aliphatic rings. The van der Waals surface area contributed by atoms with Crippen LogP contribution in [0, 0.1) is 0 Å². The Hall–Kier alpha value is -2.72. The molecule has 0 bridgehead atoms.